The minimum Gasteiger partial charge on any atom is -0.372 e. The van der Waals surface area contributed by atoms with Crippen LogP contribution in [0.1, 0.15) is 37.3 Å². The molecule has 2 heterocycles. The Bertz CT molecular complexity index is 939. The number of aryl methyl sites for hydroxylation is 1. The molecule has 150 valence electrons. The van der Waals surface area contributed by atoms with E-state index in [0.29, 0.717) is 17.8 Å². The van der Waals surface area contributed by atoms with Crippen molar-refractivity contribution in [3.8, 4) is 0 Å². The van der Waals surface area contributed by atoms with Crippen LogP contribution in [-0.2, 0) is 9.59 Å². The second kappa shape index (κ2) is 8.11. The molecule has 0 radical (unpaired) electrons. The predicted molar refractivity (Wildman–Crippen MR) is 117 cm³/mol. The van der Waals surface area contributed by atoms with Gasteiger partial charge in [0.1, 0.15) is 5.70 Å². The molecule has 0 unspecified atom stereocenters. The summed E-state index contributed by atoms with van der Waals surface area (Å²) in [6, 6.07) is 15.8. The van der Waals surface area contributed by atoms with Crippen LogP contribution in [0.25, 0.3) is 5.57 Å². The summed E-state index contributed by atoms with van der Waals surface area (Å²) in [4.78, 5) is 29.5. The first-order valence-corrected chi connectivity index (χ1v) is 10.4. The van der Waals surface area contributed by atoms with Gasteiger partial charge in [-0.05, 0) is 62.9 Å². The Morgan fingerprint density at radius 1 is 0.862 bits per heavy atom. The van der Waals surface area contributed by atoms with Crippen LogP contribution >= 0.6 is 0 Å². The summed E-state index contributed by atoms with van der Waals surface area (Å²) >= 11 is 0. The maximum atomic E-state index is 12.9. The molecule has 0 aromatic heterocycles. The zero-order chi connectivity index (χ0) is 20.4. The molecule has 2 aliphatic heterocycles. The summed E-state index contributed by atoms with van der Waals surface area (Å²) in [5, 5.41) is 3.23. The largest absolute Gasteiger partial charge is 0.372 e. The molecule has 0 saturated carbocycles. The molecular formula is C24H27N3O2. The number of hydrogen-bond donors (Lipinski definition) is 1. The van der Waals surface area contributed by atoms with Gasteiger partial charge in [-0.15, -0.1) is 0 Å². The predicted octanol–water partition coefficient (Wildman–Crippen LogP) is 4.20. The first-order chi connectivity index (χ1) is 14.1. The van der Waals surface area contributed by atoms with E-state index in [1.165, 1.54) is 29.8 Å². The highest BCUT2D eigenvalue weighted by Crippen LogP contribution is 2.31. The number of anilines is 2. The van der Waals surface area contributed by atoms with Crippen molar-refractivity contribution in [2.75, 3.05) is 29.9 Å². The van der Waals surface area contributed by atoms with Gasteiger partial charge in [0.25, 0.3) is 11.8 Å². The Balaban J connectivity index is 1.64. The molecule has 5 nitrogen and oxygen atoms in total. The van der Waals surface area contributed by atoms with Gasteiger partial charge in [0, 0.05) is 31.0 Å². The highest BCUT2D eigenvalue weighted by molar-refractivity contribution is 6.36. The number of rotatable bonds is 5. The van der Waals surface area contributed by atoms with Crippen molar-refractivity contribution >= 4 is 28.8 Å². The number of piperidine rings is 1. The molecule has 0 atom stereocenters. The van der Waals surface area contributed by atoms with Gasteiger partial charge >= 0.3 is 0 Å². The van der Waals surface area contributed by atoms with E-state index in [1.807, 2.05) is 50.2 Å². The first-order valence-electron chi connectivity index (χ1n) is 10.4. The summed E-state index contributed by atoms with van der Waals surface area (Å²) < 4.78 is 0. The third-order valence-electron chi connectivity index (χ3n) is 5.68. The van der Waals surface area contributed by atoms with Gasteiger partial charge in [0.05, 0.1) is 5.57 Å². The Morgan fingerprint density at radius 3 is 2.14 bits per heavy atom. The highest BCUT2D eigenvalue weighted by Gasteiger charge is 2.38. The number of hydrogen-bond acceptors (Lipinski definition) is 4. The van der Waals surface area contributed by atoms with E-state index in [2.05, 4.69) is 22.3 Å². The summed E-state index contributed by atoms with van der Waals surface area (Å²) in [5.74, 6) is -0.512. The van der Waals surface area contributed by atoms with Gasteiger partial charge in [-0.2, -0.15) is 0 Å². The fraction of sp³-hybridized carbons (Fsp3) is 0.333. The maximum absolute atomic E-state index is 12.9. The van der Waals surface area contributed by atoms with Crippen molar-refractivity contribution in [3.05, 3.63) is 65.4 Å². The number of nitrogens with zero attached hydrogens (tertiary/aromatic N) is 2. The standard InChI is InChI=1S/C24H27N3O2/c1-3-27-23(28)21(18-9-7-17(2)8-10-18)22(24(27)29)25-19-11-13-20(14-12-19)26-15-5-4-6-16-26/h7-14,25H,3-6,15-16H2,1-2H3. The van der Waals surface area contributed by atoms with Crippen LogP contribution in [-0.4, -0.2) is 36.3 Å². The number of amides is 2. The van der Waals surface area contributed by atoms with E-state index in [1.54, 1.807) is 0 Å². The quantitative estimate of drug-likeness (QED) is 0.779. The summed E-state index contributed by atoms with van der Waals surface area (Å²) in [5.41, 5.74) is 4.68. The van der Waals surface area contributed by atoms with Gasteiger partial charge in [0.2, 0.25) is 0 Å². The number of nitrogens with one attached hydrogen (secondary N) is 1. The second-order valence-corrected chi connectivity index (χ2v) is 7.69. The van der Waals surface area contributed by atoms with Crippen LogP contribution in [0.5, 0.6) is 0 Å². The third-order valence-corrected chi connectivity index (χ3v) is 5.68. The molecule has 2 aliphatic rings. The van der Waals surface area contributed by atoms with E-state index in [9.17, 15) is 9.59 Å². The number of carbonyl (C=O) groups excluding carboxylic acids is 2. The van der Waals surface area contributed by atoms with Crippen molar-refractivity contribution in [1.82, 2.24) is 4.90 Å². The van der Waals surface area contributed by atoms with E-state index in [-0.39, 0.29) is 11.8 Å². The molecule has 0 spiro atoms. The van der Waals surface area contributed by atoms with Gasteiger partial charge in [-0.1, -0.05) is 29.8 Å². The van der Waals surface area contributed by atoms with Gasteiger partial charge < -0.3 is 10.2 Å². The van der Waals surface area contributed by atoms with Gasteiger partial charge in [-0.25, -0.2) is 0 Å². The van der Waals surface area contributed by atoms with Crippen LogP contribution in [0.4, 0.5) is 11.4 Å². The lowest BCUT2D eigenvalue weighted by atomic mass is 10.0. The molecule has 2 amide bonds. The molecule has 1 N–H and O–H groups in total. The van der Waals surface area contributed by atoms with Crippen molar-refractivity contribution in [3.63, 3.8) is 0 Å². The molecule has 29 heavy (non-hydrogen) atoms. The molecule has 2 aromatic rings. The van der Waals surface area contributed by atoms with Crippen LogP contribution < -0.4 is 10.2 Å². The van der Waals surface area contributed by atoms with Crippen molar-refractivity contribution in [2.24, 2.45) is 0 Å². The molecule has 1 fully saturated rings. The summed E-state index contributed by atoms with van der Waals surface area (Å²) in [7, 11) is 0. The molecule has 1 saturated heterocycles. The molecule has 2 aromatic carbocycles. The van der Waals surface area contributed by atoms with Crippen LogP contribution in [0.3, 0.4) is 0 Å². The smallest absolute Gasteiger partial charge is 0.278 e. The molecular weight excluding hydrogens is 362 g/mol. The monoisotopic (exact) mass is 389 g/mol. The number of imide groups is 1. The van der Waals surface area contributed by atoms with Crippen molar-refractivity contribution in [1.29, 1.82) is 0 Å². The van der Waals surface area contributed by atoms with Crippen molar-refractivity contribution < 1.29 is 9.59 Å². The fourth-order valence-corrected chi connectivity index (χ4v) is 4.02. The van der Waals surface area contributed by atoms with Crippen molar-refractivity contribution in [2.45, 2.75) is 33.1 Å². The van der Waals surface area contributed by atoms with E-state index in [0.717, 1.165) is 29.9 Å². The lowest BCUT2D eigenvalue weighted by molar-refractivity contribution is -0.136. The Kier molecular flexibility index (Phi) is 5.38. The number of likely N-dealkylation sites (N-methyl/N-ethyl adjacent to an activating group) is 1. The Morgan fingerprint density at radius 2 is 1.52 bits per heavy atom. The Hall–Kier alpha value is -3.08. The fourth-order valence-electron chi connectivity index (χ4n) is 4.02. The zero-order valence-corrected chi connectivity index (χ0v) is 17.1. The first kappa shape index (κ1) is 19.2. The average Bonchev–Trinajstić information content (AvgIpc) is 2.99. The minimum absolute atomic E-state index is 0.242. The van der Waals surface area contributed by atoms with Crippen LogP contribution in [0, 0.1) is 6.92 Å². The van der Waals surface area contributed by atoms with Gasteiger partial charge in [-0.3, -0.25) is 14.5 Å². The van der Waals surface area contributed by atoms with E-state index >= 15 is 0 Å². The molecule has 5 heteroatoms. The zero-order valence-electron chi connectivity index (χ0n) is 17.1. The molecule has 0 aliphatic carbocycles. The highest BCUT2D eigenvalue weighted by atomic mass is 16.2. The minimum atomic E-state index is -0.270. The number of benzene rings is 2. The van der Waals surface area contributed by atoms with E-state index < -0.39 is 0 Å². The maximum Gasteiger partial charge on any atom is 0.278 e. The normalized spacial score (nSPS) is 17.3. The van der Waals surface area contributed by atoms with E-state index in [4.69, 9.17) is 0 Å². The topological polar surface area (TPSA) is 52.7 Å². The van der Waals surface area contributed by atoms with Crippen LogP contribution in [0.15, 0.2) is 54.2 Å². The average molecular weight is 389 g/mol. The third kappa shape index (κ3) is 3.77. The van der Waals surface area contributed by atoms with Crippen LogP contribution in [0.2, 0.25) is 0 Å². The summed E-state index contributed by atoms with van der Waals surface area (Å²) in [6.07, 6.45) is 3.77. The second-order valence-electron chi connectivity index (χ2n) is 7.69. The van der Waals surface area contributed by atoms with Gasteiger partial charge in [0.15, 0.2) is 0 Å². The summed E-state index contributed by atoms with van der Waals surface area (Å²) in [6.45, 7) is 6.36. The lowest BCUT2D eigenvalue weighted by Gasteiger charge is -2.28. The number of carbonyl (C=O) groups is 2. The molecule has 0 bridgehead atoms. The lowest BCUT2D eigenvalue weighted by Crippen LogP contribution is -2.32. The Labute approximate surface area is 172 Å². The molecule has 4 rings (SSSR count). The SMILES string of the molecule is CCN1C(=O)C(Nc2ccc(N3CCCCC3)cc2)=C(c2ccc(C)cc2)C1=O.